The van der Waals surface area contributed by atoms with E-state index in [1.54, 1.807) is 30.3 Å². The zero-order valence-electron chi connectivity index (χ0n) is 22.0. The van der Waals surface area contributed by atoms with Crippen molar-refractivity contribution in [1.82, 2.24) is 16.0 Å². The third kappa shape index (κ3) is 11.3. The molecule has 4 atom stereocenters. The highest BCUT2D eigenvalue weighted by Crippen LogP contribution is 2.12. The molecule has 0 saturated carbocycles. The number of primary amides is 1. The van der Waals surface area contributed by atoms with Gasteiger partial charge >= 0.3 is 11.9 Å². The predicted octanol–water partition coefficient (Wildman–Crippen LogP) is -1.22. The van der Waals surface area contributed by atoms with Crippen LogP contribution >= 0.6 is 0 Å². The summed E-state index contributed by atoms with van der Waals surface area (Å²) in [4.78, 5) is 73.3. The van der Waals surface area contributed by atoms with Gasteiger partial charge in [-0.15, -0.1) is 0 Å². The predicted molar refractivity (Wildman–Crippen MR) is 144 cm³/mol. The zero-order chi connectivity index (χ0) is 30.5. The quantitative estimate of drug-likeness (QED) is 0.119. The summed E-state index contributed by atoms with van der Waals surface area (Å²) in [5.74, 6) is -6.25. The van der Waals surface area contributed by atoms with E-state index in [2.05, 4.69) is 16.0 Å². The Morgan fingerprint density at radius 1 is 0.707 bits per heavy atom. The van der Waals surface area contributed by atoms with E-state index in [1.807, 2.05) is 0 Å². The number of carbonyl (C=O) groups excluding carboxylic acids is 4. The molecular weight excluding hydrogens is 538 g/mol. The van der Waals surface area contributed by atoms with Gasteiger partial charge in [-0.25, -0.2) is 4.79 Å². The molecule has 2 aromatic carbocycles. The molecule has 0 heterocycles. The minimum absolute atomic E-state index is 0.0334. The van der Waals surface area contributed by atoms with Crippen molar-refractivity contribution in [2.24, 2.45) is 11.5 Å². The molecule has 14 heteroatoms. The van der Waals surface area contributed by atoms with Crippen LogP contribution in [0.25, 0.3) is 0 Å². The van der Waals surface area contributed by atoms with Crippen molar-refractivity contribution in [3.63, 3.8) is 0 Å². The Kier molecular flexibility index (Phi) is 12.2. The number of carboxylic acids is 2. The average Bonchev–Trinajstić information content (AvgIpc) is 2.91. The number of nitrogens with two attached hydrogens (primary N) is 2. The van der Waals surface area contributed by atoms with Crippen LogP contribution in [0.5, 0.6) is 5.75 Å². The van der Waals surface area contributed by atoms with Gasteiger partial charge in [-0.2, -0.15) is 0 Å². The van der Waals surface area contributed by atoms with Gasteiger partial charge in [-0.1, -0.05) is 42.5 Å². The molecule has 0 aliphatic carbocycles. The molecule has 0 radical (unpaired) electrons. The fourth-order valence-corrected chi connectivity index (χ4v) is 3.77. The SMILES string of the molecule is NC(=O)CC(NC(=O)C(Cc1ccccc1)NC(=O)C(N)CCC(=O)O)C(=O)NC(Cc1ccc(O)cc1)C(=O)O. The summed E-state index contributed by atoms with van der Waals surface area (Å²) in [6.07, 6.45) is -1.45. The molecule has 0 aromatic heterocycles. The lowest BCUT2D eigenvalue weighted by molar-refractivity contribution is -0.142. The molecule has 0 saturated heterocycles. The third-order valence-corrected chi connectivity index (χ3v) is 5.95. The Hall–Kier alpha value is -4.98. The van der Waals surface area contributed by atoms with Crippen LogP contribution in [0.2, 0.25) is 0 Å². The van der Waals surface area contributed by atoms with Crippen LogP contribution in [-0.2, 0) is 41.6 Å². The maximum Gasteiger partial charge on any atom is 0.326 e. The maximum atomic E-state index is 13.3. The zero-order valence-corrected chi connectivity index (χ0v) is 22.0. The molecule has 0 aliphatic heterocycles. The standard InChI is InChI=1S/C27H33N5O9/c28-18(10-11-23(35)36)24(37)30-19(12-15-4-2-1-3-5-15)25(38)31-20(14-22(29)34)26(39)32-21(27(40)41)13-16-6-8-17(33)9-7-16/h1-9,18-21,33H,10-14,28H2,(H2,29,34)(H,30,37)(H,31,38)(H,32,39)(H,35,36)(H,40,41). The molecule has 4 unspecified atom stereocenters. The Morgan fingerprint density at radius 2 is 1.22 bits per heavy atom. The molecule has 0 bridgehead atoms. The normalized spacial score (nSPS) is 13.6. The van der Waals surface area contributed by atoms with Gasteiger partial charge in [0, 0.05) is 19.3 Å². The minimum Gasteiger partial charge on any atom is -0.508 e. The van der Waals surface area contributed by atoms with Crippen molar-refractivity contribution in [3.05, 3.63) is 65.7 Å². The first-order chi connectivity index (χ1) is 19.3. The van der Waals surface area contributed by atoms with Gasteiger partial charge in [-0.05, 0) is 29.7 Å². The molecule has 4 amide bonds. The molecule has 10 N–H and O–H groups in total. The molecule has 0 spiro atoms. The number of phenolic OH excluding ortho intramolecular Hbond substituents is 1. The van der Waals surface area contributed by atoms with Crippen LogP contribution in [0, 0.1) is 0 Å². The number of nitrogens with one attached hydrogen (secondary N) is 3. The van der Waals surface area contributed by atoms with Crippen molar-refractivity contribution in [3.8, 4) is 5.75 Å². The topological polar surface area (TPSA) is 251 Å². The fourth-order valence-electron chi connectivity index (χ4n) is 3.77. The molecule has 2 rings (SSSR count). The van der Waals surface area contributed by atoms with Crippen LogP contribution in [-0.4, -0.2) is 75.1 Å². The highest BCUT2D eigenvalue weighted by molar-refractivity contribution is 5.96. The van der Waals surface area contributed by atoms with E-state index in [-0.39, 0.29) is 31.4 Å². The number of benzene rings is 2. The van der Waals surface area contributed by atoms with E-state index < -0.39 is 66.2 Å². The summed E-state index contributed by atoms with van der Waals surface area (Å²) in [6.45, 7) is 0. The van der Waals surface area contributed by atoms with Crippen LogP contribution < -0.4 is 27.4 Å². The van der Waals surface area contributed by atoms with Gasteiger partial charge in [-0.3, -0.25) is 24.0 Å². The molecule has 14 nitrogen and oxygen atoms in total. The van der Waals surface area contributed by atoms with Crippen molar-refractivity contribution >= 4 is 35.6 Å². The molecule has 0 aliphatic rings. The van der Waals surface area contributed by atoms with Gasteiger partial charge < -0.3 is 42.7 Å². The number of aliphatic carboxylic acids is 2. The third-order valence-electron chi connectivity index (χ3n) is 5.95. The van der Waals surface area contributed by atoms with Crippen molar-refractivity contribution in [2.75, 3.05) is 0 Å². The van der Waals surface area contributed by atoms with Gasteiger partial charge in [0.05, 0.1) is 12.5 Å². The number of rotatable bonds is 16. The van der Waals surface area contributed by atoms with Crippen LogP contribution in [0.1, 0.15) is 30.4 Å². The van der Waals surface area contributed by atoms with Gasteiger partial charge in [0.25, 0.3) is 0 Å². The van der Waals surface area contributed by atoms with E-state index in [1.165, 1.54) is 24.3 Å². The maximum absolute atomic E-state index is 13.3. The molecule has 41 heavy (non-hydrogen) atoms. The molecule has 2 aromatic rings. The number of carboxylic acid groups (broad SMARTS) is 2. The van der Waals surface area contributed by atoms with Crippen LogP contribution in [0.15, 0.2) is 54.6 Å². The first kappa shape index (κ1) is 32.2. The number of hydrogen-bond acceptors (Lipinski definition) is 8. The summed E-state index contributed by atoms with van der Waals surface area (Å²) in [5.41, 5.74) is 12.2. The van der Waals surface area contributed by atoms with E-state index in [4.69, 9.17) is 16.6 Å². The number of carbonyl (C=O) groups is 6. The monoisotopic (exact) mass is 571 g/mol. The Labute approximate surface area is 235 Å². The number of amides is 4. The summed E-state index contributed by atoms with van der Waals surface area (Å²) in [6, 6.07) is 8.58. The first-order valence-electron chi connectivity index (χ1n) is 12.6. The van der Waals surface area contributed by atoms with E-state index in [9.17, 15) is 39.0 Å². The Bertz CT molecular complexity index is 1240. The average molecular weight is 572 g/mol. The van der Waals surface area contributed by atoms with E-state index >= 15 is 0 Å². The van der Waals surface area contributed by atoms with Crippen molar-refractivity contribution in [1.29, 1.82) is 0 Å². The Morgan fingerprint density at radius 3 is 1.78 bits per heavy atom. The first-order valence-corrected chi connectivity index (χ1v) is 12.6. The summed E-state index contributed by atoms with van der Waals surface area (Å²) in [7, 11) is 0. The summed E-state index contributed by atoms with van der Waals surface area (Å²) in [5, 5.41) is 35.0. The molecule has 0 fully saturated rings. The lowest BCUT2D eigenvalue weighted by Crippen LogP contribution is -2.58. The Balaban J connectivity index is 2.21. The number of phenols is 1. The van der Waals surface area contributed by atoms with Crippen molar-refractivity contribution in [2.45, 2.75) is 56.3 Å². The number of aromatic hydroxyl groups is 1. The molecule has 220 valence electrons. The smallest absolute Gasteiger partial charge is 0.326 e. The van der Waals surface area contributed by atoms with Gasteiger partial charge in [0.15, 0.2) is 0 Å². The van der Waals surface area contributed by atoms with Gasteiger partial charge in [0.2, 0.25) is 23.6 Å². The van der Waals surface area contributed by atoms with Crippen LogP contribution in [0.4, 0.5) is 0 Å². The number of hydrogen-bond donors (Lipinski definition) is 8. The second-order valence-corrected chi connectivity index (χ2v) is 9.29. The lowest BCUT2D eigenvalue weighted by Gasteiger charge is -2.25. The van der Waals surface area contributed by atoms with Gasteiger partial charge in [0.1, 0.15) is 23.9 Å². The largest absolute Gasteiger partial charge is 0.508 e. The second kappa shape index (κ2) is 15.6. The van der Waals surface area contributed by atoms with E-state index in [0.717, 1.165) is 0 Å². The van der Waals surface area contributed by atoms with Crippen LogP contribution in [0.3, 0.4) is 0 Å². The van der Waals surface area contributed by atoms with E-state index in [0.29, 0.717) is 11.1 Å². The minimum atomic E-state index is -1.59. The van der Waals surface area contributed by atoms with Crippen molar-refractivity contribution < 1.29 is 44.1 Å². The second-order valence-electron chi connectivity index (χ2n) is 9.29. The summed E-state index contributed by atoms with van der Waals surface area (Å²) >= 11 is 0. The highest BCUT2D eigenvalue weighted by atomic mass is 16.4. The highest BCUT2D eigenvalue weighted by Gasteiger charge is 2.31. The summed E-state index contributed by atoms with van der Waals surface area (Å²) < 4.78 is 0. The lowest BCUT2D eigenvalue weighted by atomic mass is 10.0. The molecular formula is C27H33N5O9. The fraction of sp³-hybridized carbons (Fsp3) is 0.333.